The van der Waals surface area contributed by atoms with Crippen LogP contribution in [-0.2, 0) is 11.2 Å². The number of anilines is 1. The molecule has 1 heterocycles. The van der Waals surface area contributed by atoms with Gasteiger partial charge in [0, 0.05) is 25.0 Å². The molecule has 1 aromatic carbocycles. The predicted octanol–water partition coefficient (Wildman–Crippen LogP) is 2.02. The van der Waals surface area contributed by atoms with Gasteiger partial charge >= 0.3 is 0 Å². The van der Waals surface area contributed by atoms with Gasteiger partial charge in [-0.3, -0.25) is 9.59 Å². The van der Waals surface area contributed by atoms with Crippen molar-refractivity contribution < 1.29 is 14.3 Å². The molecule has 0 fully saturated rings. The van der Waals surface area contributed by atoms with Gasteiger partial charge in [0.1, 0.15) is 0 Å². The van der Waals surface area contributed by atoms with E-state index in [4.69, 9.17) is 4.74 Å². The van der Waals surface area contributed by atoms with E-state index in [1.807, 2.05) is 6.92 Å². The summed E-state index contributed by atoms with van der Waals surface area (Å²) >= 11 is 0. The fraction of sp³-hybridized carbons (Fsp3) is 0.235. The van der Waals surface area contributed by atoms with E-state index >= 15 is 0 Å². The topological polar surface area (TPSA) is 80.3 Å². The molecule has 0 saturated carbocycles. The number of carbonyl (C=O) groups is 2. The van der Waals surface area contributed by atoms with Gasteiger partial charge in [-0.05, 0) is 30.7 Å². The molecule has 0 atom stereocenters. The zero-order chi connectivity index (χ0) is 16.7. The molecule has 0 spiro atoms. The Labute approximate surface area is 134 Å². The van der Waals surface area contributed by atoms with Crippen molar-refractivity contribution in [2.75, 3.05) is 19.0 Å². The molecule has 120 valence electrons. The number of aromatic nitrogens is 1. The molecule has 0 unspecified atom stereocenters. The summed E-state index contributed by atoms with van der Waals surface area (Å²) in [5, 5.41) is 5.35. The fourth-order valence-corrected chi connectivity index (χ4v) is 1.93. The Morgan fingerprint density at radius 2 is 1.87 bits per heavy atom. The lowest BCUT2D eigenvalue weighted by molar-refractivity contribution is -0.119. The zero-order valence-electron chi connectivity index (χ0n) is 13.1. The Morgan fingerprint density at radius 1 is 1.13 bits per heavy atom. The Morgan fingerprint density at radius 3 is 2.43 bits per heavy atom. The lowest BCUT2D eigenvalue weighted by atomic mass is 10.1. The maximum absolute atomic E-state index is 12.1. The Balaban J connectivity index is 1.98. The molecule has 0 bridgehead atoms. The Bertz CT molecular complexity index is 666. The molecule has 2 amide bonds. The minimum atomic E-state index is -0.250. The first-order valence-corrected chi connectivity index (χ1v) is 7.32. The lowest BCUT2D eigenvalue weighted by Crippen LogP contribution is -2.19. The highest BCUT2D eigenvalue weighted by molar-refractivity contribution is 6.04. The van der Waals surface area contributed by atoms with Crippen LogP contribution in [-0.4, -0.2) is 30.5 Å². The minimum absolute atomic E-state index is 0.0535. The number of rotatable bonds is 6. The third-order valence-corrected chi connectivity index (χ3v) is 3.15. The highest BCUT2D eigenvalue weighted by atomic mass is 16.5. The van der Waals surface area contributed by atoms with Gasteiger partial charge in [-0.15, -0.1) is 0 Å². The van der Waals surface area contributed by atoms with Gasteiger partial charge in [-0.25, -0.2) is 4.98 Å². The third kappa shape index (κ3) is 4.81. The third-order valence-electron chi connectivity index (χ3n) is 3.15. The summed E-state index contributed by atoms with van der Waals surface area (Å²) in [6.45, 7) is 2.40. The number of pyridine rings is 1. The SMILES string of the molecule is CCOc1ccc(C(=O)Nc2ccc(CC(=O)NC)cc2)cn1. The number of hydrogen-bond acceptors (Lipinski definition) is 4. The van der Waals surface area contributed by atoms with Crippen molar-refractivity contribution in [3.63, 3.8) is 0 Å². The molecule has 0 aliphatic heterocycles. The van der Waals surface area contributed by atoms with E-state index in [-0.39, 0.29) is 11.8 Å². The average Bonchev–Trinajstić information content (AvgIpc) is 2.57. The second-order valence-corrected chi connectivity index (χ2v) is 4.82. The molecule has 0 aliphatic rings. The summed E-state index contributed by atoms with van der Waals surface area (Å²) in [5.74, 6) is 0.185. The van der Waals surface area contributed by atoms with Crippen molar-refractivity contribution in [2.45, 2.75) is 13.3 Å². The van der Waals surface area contributed by atoms with Crippen LogP contribution in [0.1, 0.15) is 22.8 Å². The van der Waals surface area contributed by atoms with E-state index in [0.29, 0.717) is 30.2 Å². The zero-order valence-corrected chi connectivity index (χ0v) is 13.1. The molecule has 1 aromatic heterocycles. The van der Waals surface area contributed by atoms with E-state index in [2.05, 4.69) is 15.6 Å². The van der Waals surface area contributed by atoms with Crippen LogP contribution in [0.25, 0.3) is 0 Å². The summed E-state index contributed by atoms with van der Waals surface area (Å²) in [5.41, 5.74) is 1.98. The summed E-state index contributed by atoms with van der Waals surface area (Å²) < 4.78 is 5.24. The minimum Gasteiger partial charge on any atom is -0.478 e. The highest BCUT2D eigenvalue weighted by Crippen LogP contribution is 2.13. The van der Waals surface area contributed by atoms with Gasteiger partial charge < -0.3 is 15.4 Å². The molecule has 0 saturated heterocycles. The first-order chi connectivity index (χ1) is 11.1. The Hall–Kier alpha value is -2.89. The van der Waals surface area contributed by atoms with Crippen LogP contribution in [0.2, 0.25) is 0 Å². The van der Waals surface area contributed by atoms with Crippen molar-refractivity contribution >= 4 is 17.5 Å². The molecule has 2 rings (SSSR count). The van der Waals surface area contributed by atoms with Gasteiger partial charge in [0.05, 0.1) is 18.6 Å². The van der Waals surface area contributed by atoms with Crippen molar-refractivity contribution in [3.8, 4) is 5.88 Å². The van der Waals surface area contributed by atoms with E-state index in [1.54, 1.807) is 43.4 Å². The number of nitrogens with one attached hydrogen (secondary N) is 2. The molecule has 2 N–H and O–H groups in total. The van der Waals surface area contributed by atoms with Gasteiger partial charge in [0.25, 0.3) is 5.91 Å². The number of amides is 2. The second-order valence-electron chi connectivity index (χ2n) is 4.82. The number of ether oxygens (including phenoxy) is 1. The molecular weight excluding hydrogens is 294 g/mol. The molecule has 6 heteroatoms. The number of likely N-dealkylation sites (N-methyl/N-ethyl adjacent to an activating group) is 1. The molecule has 0 radical (unpaired) electrons. The summed E-state index contributed by atoms with van der Waals surface area (Å²) in [6.07, 6.45) is 1.79. The van der Waals surface area contributed by atoms with Gasteiger partial charge in [0.15, 0.2) is 0 Å². The summed E-state index contributed by atoms with van der Waals surface area (Å²) in [6, 6.07) is 10.5. The highest BCUT2D eigenvalue weighted by Gasteiger charge is 2.07. The average molecular weight is 313 g/mol. The van der Waals surface area contributed by atoms with Crippen molar-refractivity contribution in [3.05, 3.63) is 53.7 Å². The van der Waals surface area contributed by atoms with Crippen LogP contribution >= 0.6 is 0 Å². The maximum Gasteiger partial charge on any atom is 0.257 e. The monoisotopic (exact) mass is 313 g/mol. The molecule has 6 nitrogen and oxygen atoms in total. The van der Waals surface area contributed by atoms with Gasteiger partial charge in [-0.2, -0.15) is 0 Å². The van der Waals surface area contributed by atoms with Gasteiger partial charge in [0.2, 0.25) is 11.8 Å². The second kappa shape index (κ2) is 7.93. The normalized spacial score (nSPS) is 10.0. The first-order valence-electron chi connectivity index (χ1n) is 7.32. The fourth-order valence-electron chi connectivity index (χ4n) is 1.93. The Kier molecular flexibility index (Phi) is 5.68. The van der Waals surface area contributed by atoms with Crippen molar-refractivity contribution in [2.24, 2.45) is 0 Å². The van der Waals surface area contributed by atoms with Crippen LogP contribution in [0.4, 0.5) is 5.69 Å². The van der Waals surface area contributed by atoms with Crippen molar-refractivity contribution in [1.82, 2.24) is 10.3 Å². The smallest absolute Gasteiger partial charge is 0.257 e. The van der Waals surface area contributed by atoms with Crippen molar-refractivity contribution in [1.29, 1.82) is 0 Å². The van der Waals surface area contributed by atoms with Crippen LogP contribution < -0.4 is 15.4 Å². The molecule has 2 aromatic rings. The van der Waals surface area contributed by atoms with Crippen LogP contribution in [0.15, 0.2) is 42.6 Å². The van der Waals surface area contributed by atoms with Crippen LogP contribution in [0, 0.1) is 0 Å². The van der Waals surface area contributed by atoms with Crippen LogP contribution in [0.3, 0.4) is 0 Å². The first kappa shape index (κ1) is 16.5. The predicted molar refractivity (Wildman–Crippen MR) is 87.6 cm³/mol. The number of hydrogen-bond donors (Lipinski definition) is 2. The lowest BCUT2D eigenvalue weighted by Gasteiger charge is -2.07. The quantitative estimate of drug-likeness (QED) is 0.855. The number of nitrogens with zero attached hydrogens (tertiary/aromatic N) is 1. The summed E-state index contributed by atoms with van der Waals surface area (Å²) in [7, 11) is 1.60. The van der Waals surface area contributed by atoms with E-state index in [9.17, 15) is 9.59 Å². The molecule has 0 aliphatic carbocycles. The van der Waals surface area contributed by atoms with E-state index in [1.165, 1.54) is 6.20 Å². The van der Waals surface area contributed by atoms with E-state index in [0.717, 1.165) is 5.56 Å². The van der Waals surface area contributed by atoms with E-state index < -0.39 is 0 Å². The summed E-state index contributed by atoms with van der Waals surface area (Å²) in [4.78, 5) is 27.5. The van der Waals surface area contributed by atoms with Crippen LogP contribution in [0.5, 0.6) is 5.88 Å². The number of carbonyl (C=O) groups excluding carboxylic acids is 2. The largest absolute Gasteiger partial charge is 0.478 e. The molecule has 23 heavy (non-hydrogen) atoms. The number of benzene rings is 1. The molecular formula is C17H19N3O3. The van der Waals surface area contributed by atoms with Gasteiger partial charge in [-0.1, -0.05) is 12.1 Å². The maximum atomic E-state index is 12.1. The standard InChI is InChI=1S/C17H19N3O3/c1-3-23-16-9-6-13(11-19-16)17(22)20-14-7-4-12(5-8-14)10-15(21)18-2/h4-9,11H,3,10H2,1-2H3,(H,18,21)(H,20,22).